The first-order valence-electron chi connectivity index (χ1n) is 12.7. The fraction of sp³-hybridized carbons (Fsp3) is 0.393. The maximum atomic E-state index is 11.9. The van der Waals surface area contributed by atoms with E-state index in [2.05, 4.69) is 22.2 Å². The van der Waals surface area contributed by atoms with Gasteiger partial charge in [0, 0.05) is 35.2 Å². The lowest BCUT2D eigenvalue weighted by atomic mass is 10.0. The van der Waals surface area contributed by atoms with Crippen LogP contribution in [0.5, 0.6) is 17.4 Å². The van der Waals surface area contributed by atoms with Crippen LogP contribution >= 0.6 is 23.2 Å². The summed E-state index contributed by atoms with van der Waals surface area (Å²) in [5, 5.41) is 8.59. The number of aromatic nitrogens is 2. The highest BCUT2D eigenvalue weighted by Gasteiger charge is 2.28. The molecular formula is C28H30Cl2N4O5. The molecule has 2 fully saturated rings. The Morgan fingerprint density at radius 1 is 1.13 bits per heavy atom. The van der Waals surface area contributed by atoms with Crippen LogP contribution in [0.25, 0.3) is 22.0 Å². The zero-order chi connectivity index (χ0) is 27.5. The molecule has 2 aromatic heterocycles. The van der Waals surface area contributed by atoms with Gasteiger partial charge in [0.1, 0.15) is 17.3 Å². The summed E-state index contributed by atoms with van der Waals surface area (Å²) >= 11 is 13.4. The normalized spacial score (nSPS) is 18.9. The summed E-state index contributed by atoms with van der Waals surface area (Å²) in [5.74, 6) is 2.19. The topological polar surface area (TPSA) is 104 Å². The molecule has 1 aliphatic carbocycles. The van der Waals surface area contributed by atoms with Crippen LogP contribution in [0.1, 0.15) is 19.3 Å². The number of nitrogens with one attached hydrogen (secondary N) is 2. The lowest BCUT2D eigenvalue weighted by Crippen LogP contribution is -2.52. The van der Waals surface area contributed by atoms with Gasteiger partial charge in [-0.2, -0.15) is 0 Å². The fourth-order valence-electron chi connectivity index (χ4n) is 4.51. The molecule has 5 rings (SSSR count). The van der Waals surface area contributed by atoms with E-state index >= 15 is 0 Å². The van der Waals surface area contributed by atoms with Gasteiger partial charge in [0.25, 0.3) is 0 Å². The van der Waals surface area contributed by atoms with Crippen LogP contribution in [0, 0.1) is 5.92 Å². The van der Waals surface area contributed by atoms with Gasteiger partial charge in [-0.05, 0) is 43.4 Å². The number of hydrogen-bond acceptors (Lipinski definition) is 8. The summed E-state index contributed by atoms with van der Waals surface area (Å²) in [4.78, 5) is 21.4. The van der Waals surface area contributed by atoms with E-state index in [4.69, 9.17) is 47.1 Å². The lowest BCUT2D eigenvalue weighted by molar-refractivity contribution is -0.117. The third-order valence-corrected chi connectivity index (χ3v) is 7.62. The van der Waals surface area contributed by atoms with Gasteiger partial charge in [-0.3, -0.25) is 4.79 Å². The van der Waals surface area contributed by atoms with E-state index in [1.807, 2.05) is 12.1 Å². The van der Waals surface area contributed by atoms with Crippen molar-refractivity contribution in [1.29, 1.82) is 0 Å². The van der Waals surface area contributed by atoms with Crippen LogP contribution in [0.3, 0.4) is 0 Å². The minimum Gasteiger partial charge on any atom is -0.495 e. The third kappa shape index (κ3) is 6.00. The van der Waals surface area contributed by atoms with Crippen molar-refractivity contribution in [2.24, 2.45) is 5.92 Å². The summed E-state index contributed by atoms with van der Waals surface area (Å²) in [7, 11) is 3.05. The van der Waals surface area contributed by atoms with Crippen LogP contribution in [-0.2, 0) is 9.53 Å². The van der Waals surface area contributed by atoms with Crippen molar-refractivity contribution in [2.75, 3.05) is 39.4 Å². The van der Waals surface area contributed by atoms with E-state index < -0.39 is 0 Å². The van der Waals surface area contributed by atoms with Gasteiger partial charge in [0.05, 0.1) is 55.3 Å². The molecule has 2 atom stereocenters. The molecule has 3 heterocycles. The molecule has 0 unspecified atom stereocenters. The monoisotopic (exact) mass is 572 g/mol. The third-order valence-electron chi connectivity index (χ3n) is 6.86. The van der Waals surface area contributed by atoms with Gasteiger partial charge in [-0.25, -0.2) is 9.97 Å². The van der Waals surface area contributed by atoms with Crippen molar-refractivity contribution in [3.05, 3.63) is 47.1 Å². The Bertz CT molecular complexity index is 1370. The zero-order valence-corrected chi connectivity index (χ0v) is 23.3. The van der Waals surface area contributed by atoms with Crippen LogP contribution in [0.4, 0.5) is 5.82 Å². The van der Waals surface area contributed by atoms with Crippen molar-refractivity contribution in [3.63, 3.8) is 0 Å². The van der Waals surface area contributed by atoms with Gasteiger partial charge < -0.3 is 29.6 Å². The van der Waals surface area contributed by atoms with E-state index in [-0.39, 0.29) is 18.0 Å². The number of methoxy groups -OCH3 is 2. The first kappa shape index (κ1) is 27.3. The predicted molar refractivity (Wildman–Crippen MR) is 151 cm³/mol. The fourth-order valence-corrected chi connectivity index (χ4v) is 5.20. The molecule has 3 aromatic rings. The molecule has 1 aliphatic heterocycles. The Morgan fingerprint density at radius 2 is 1.87 bits per heavy atom. The smallest absolute Gasteiger partial charge is 0.243 e. The van der Waals surface area contributed by atoms with Crippen molar-refractivity contribution in [1.82, 2.24) is 15.3 Å². The summed E-state index contributed by atoms with van der Waals surface area (Å²) < 4.78 is 22.8. The Hall–Kier alpha value is -3.27. The molecule has 0 radical (unpaired) electrons. The molecule has 9 nitrogen and oxygen atoms in total. The molecule has 1 amide bonds. The van der Waals surface area contributed by atoms with E-state index in [1.165, 1.54) is 20.3 Å². The SMILES string of the molecule is C=CC(=O)N[C@H]1CCOC[C@H]1Nc1cc2c(OCC3CC3)nc(-c3c(Cl)c(OC)cc(OC)c3Cl)cc2cn1. The Morgan fingerprint density at radius 3 is 2.54 bits per heavy atom. The number of benzene rings is 1. The number of carbonyl (C=O) groups excluding carboxylic acids is 1. The molecule has 1 saturated carbocycles. The van der Waals surface area contributed by atoms with Gasteiger partial charge >= 0.3 is 0 Å². The van der Waals surface area contributed by atoms with Gasteiger partial charge in [-0.1, -0.05) is 29.8 Å². The summed E-state index contributed by atoms with van der Waals surface area (Å²) in [5.41, 5.74) is 0.992. The number of fused-ring (bicyclic) bond motifs is 1. The number of pyridine rings is 2. The van der Waals surface area contributed by atoms with E-state index in [9.17, 15) is 4.79 Å². The van der Waals surface area contributed by atoms with E-state index in [1.54, 1.807) is 12.3 Å². The highest BCUT2D eigenvalue weighted by atomic mass is 35.5. The Labute approximate surface area is 236 Å². The van der Waals surface area contributed by atoms with E-state index in [0.717, 1.165) is 23.6 Å². The largest absolute Gasteiger partial charge is 0.495 e. The Balaban J connectivity index is 1.54. The summed E-state index contributed by atoms with van der Waals surface area (Å²) in [6.07, 6.45) is 5.96. The maximum absolute atomic E-state index is 11.9. The molecule has 11 heteroatoms. The predicted octanol–water partition coefficient (Wildman–Crippen LogP) is 5.28. The van der Waals surface area contributed by atoms with Crippen LogP contribution in [0.15, 0.2) is 37.1 Å². The lowest BCUT2D eigenvalue weighted by Gasteiger charge is -2.32. The second-order valence-corrected chi connectivity index (χ2v) is 10.3. The number of ether oxygens (including phenoxy) is 4. The minimum atomic E-state index is -0.223. The summed E-state index contributed by atoms with van der Waals surface area (Å²) in [6, 6.07) is 5.10. The van der Waals surface area contributed by atoms with Crippen molar-refractivity contribution < 1.29 is 23.7 Å². The average molecular weight is 573 g/mol. The maximum Gasteiger partial charge on any atom is 0.243 e. The highest BCUT2D eigenvalue weighted by molar-refractivity contribution is 6.41. The molecule has 2 aliphatic rings. The van der Waals surface area contributed by atoms with Gasteiger partial charge in [0.15, 0.2) is 0 Å². The molecule has 0 spiro atoms. The number of rotatable bonds is 10. The summed E-state index contributed by atoms with van der Waals surface area (Å²) in [6.45, 7) is 5.10. The number of amides is 1. The van der Waals surface area contributed by atoms with Crippen LogP contribution < -0.4 is 24.8 Å². The van der Waals surface area contributed by atoms with Crippen LogP contribution in [0.2, 0.25) is 10.0 Å². The van der Waals surface area contributed by atoms with Gasteiger partial charge in [0.2, 0.25) is 11.8 Å². The van der Waals surface area contributed by atoms with Crippen LogP contribution in [-0.4, -0.2) is 62.0 Å². The number of nitrogens with zero attached hydrogens (tertiary/aromatic N) is 2. The zero-order valence-electron chi connectivity index (χ0n) is 21.8. The standard InChI is InChI=1S/C28H30Cl2N4O5/c1-4-24(35)33-18-7-8-38-14-20(18)32-23-10-17-16(12-31-23)9-19(34-28(17)39-13-15-5-6-15)25-26(29)21(36-2)11-22(37-3)27(25)30/h4,9-12,15,18,20H,1,5-8,13-14H2,2-3H3,(H,31,32)(H,33,35)/t18-,20+/m0/s1. The minimum absolute atomic E-state index is 0.125. The number of halogens is 2. The van der Waals surface area contributed by atoms with Gasteiger partial charge in [-0.15, -0.1) is 0 Å². The molecule has 39 heavy (non-hydrogen) atoms. The average Bonchev–Trinajstić information content (AvgIpc) is 3.78. The molecule has 0 bridgehead atoms. The van der Waals surface area contributed by atoms with Crippen molar-refractivity contribution in [2.45, 2.75) is 31.3 Å². The van der Waals surface area contributed by atoms with Crippen molar-refractivity contribution >= 4 is 45.7 Å². The molecular weight excluding hydrogens is 543 g/mol. The first-order chi connectivity index (χ1) is 18.9. The number of hydrogen-bond donors (Lipinski definition) is 2. The first-order valence-corrected chi connectivity index (χ1v) is 13.5. The Kier molecular flexibility index (Phi) is 8.30. The highest BCUT2D eigenvalue weighted by Crippen LogP contribution is 2.46. The molecule has 1 saturated heterocycles. The van der Waals surface area contributed by atoms with E-state index in [0.29, 0.717) is 76.7 Å². The quantitative estimate of drug-likeness (QED) is 0.316. The molecule has 2 N–H and O–H groups in total. The molecule has 206 valence electrons. The van der Waals surface area contributed by atoms with Crippen molar-refractivity contribution in [3.8, 4) is 28.6 Å². The molecule has 1 aromatic carbocycles. The number of carbonyl (C=O) groups is 1. The second kappa shape index (κ2) is 11.9. The second-order valence-electron chi connectivity index (χ2n) is 9.58. The number of anilines is 1.